The van der Waals surface area contributed by atoms with Gasteiger partial charge in [0, 0.05) is 12.0 Å². The highest BCUT2D eigenvalue weighted by molar-refractivity contribution is 5.83. The maximum atomic E-state index is 9.87. The largest absolute Gasteiger partial charge is 0.394 e. The van der Waals surface area contributed by atoms with E-state index >= 15 is 0 Å². The van der Waals surface area contributed by atoms with E-state index in [4.69, 9.17) is 4.74 Å². The third-order valence-corrected chi connectivity index (χ3v) is 3.55. The van der Waals surface area contributed by atoms with Gasteiger partial charge in [0.2, 0.25) is 0 Å². The third kappa shape index (κ3) is 2.77. The number of hydrogen-bond donors (Lipinski definition) is 3. The summed E-state index contributed by atoms with van der Waals surface area (Å²) in [7, 11) is 0. The molecule has 1 aliphatic heterocycles. The van der Waals surface area contributed by atoms with Crippen molar-refractivity contribution < 1.29 is 14.9 Å². The lowest BCUT2D eigenvalue weighted by Crippen LogP contribution is -2.26. The zero-order valence-corrected chi connectivity index (χ0v) is 12.9. The minimum Gasteiger partial charge on any atom is -0.394 e. The highest BCUT2D eigenvalue weighted by atomic mass is 16.5. The van der Waals surface area contributed by atoms with Gasteiger partial charge in [-0.1, -0.05) is 0 Å². The van der Waals surface area contributed by atoms with Crippen LogP contribution in [0.3, 0.4) is 0 Å². The van der Waals surface area contributed by atoms with Gasteiger partial charge in [-0.25, -0.2) is 15.0 Å². The topological polar surface area (TPSA) is 105 Å². The second kappa shape index (κ2) is 5.45. The van der Waals surface area contributed by atoms with Crippen LogP contribution >= 0.6 is 0 Å². The highest BCUT2D eigenvalue weighted by Crippen LogP contribution is 2.31. The molecule has 1 saturated heterocycles. The molecule has 8 heteroatoms. The molecule has 0 bridgehead atoms. The molecule has 0 aromatic carbocycles. The minimum atomic E-state index is -0.693. The molecule has 0 amide bonds. The molecule has 8 nitrogen and oxygen atoms in total. The number of imidazole rings is 1. The maximum absolute atomic E-state index is 9.87. The van der Waals surface area contributed by atoms with E-state index in [1.807, 2.05) is 20.8 Å². The van der Waals surface area contributed by atoms with Gasteiger partial charge < -0.3 is 20.3 Å². The molecule has 120 valence electrons. The molecular formula is C14H21N5O3. The van der Waals surface area contributed by atoms with Gasteiger partial charge in [-0.05, 0) is 20.8 Å². The lowest BCUT2D eigenvalue weighted by Gasteiger charge is -2.21. The Labute approximate surface area is 128 Å². The van der Waals surface area contributed by atoms with Gasteiger partial charge in [-0.3, -0.25) is 4.57 Å². The van der Waals surface area contributed by atoms with Crippen molar-refractivity contribution in [1.29, 1.82) is 0 Å². The van der Waals surface area contributed by atoms with Crippen molar-refractivity contribution in [2.75, 3.05) is 11.9 Å². The Bertz CT molecular complexity index is 666. The van der Waals surface area contributed by atoms with Crippen LogP contribution in [-0.4, -0.2) is 54.1 Å². The quantitative estimate of drug-likeness (QED) is 0.765. The zero-order valence-electron chi connectivity index (χ0n) is 12.9. The predicted molar refractivity (Wildman–Crippen MR) is 80.3 cm³/mol. The number of rotatable bonds is 3. The van der Waals surface area contributed by atoms with Gasteiger partial charge in [0.25, 0.3) is 0 Å². The Morgan fingerprint density at radius 3 is 2.77 bits per heavy atom. The average Bonchev–Trinajstić information content (AvgIpc) is 3.00. The fourth-order valence-corrected chi connectivity index (χ4v) is 2.56. The van der Waals surface area contributed by atoms with Crippen molar-refractivity contribution in [3.8, 4) is 0 Å². The molecule has 0 radical (unpaired) electrons. The summed E-state index contributed by atoms with van der Waals surface area (Å²) in [5, 5.41) is 22.4. The fourth-order valence-electron chi connectivity index (χ4n) is 2.56. The van der Waals surface area contributed by atoms with Crippen LogP contribution in [0.15, 0.2) is 12.7 Å². The molecule has 2 aromatic rings. The van der Waals surface area contributed by atoms with Gasteiger partial charge in [-0.2, -0.15) is 0 Å². The molecule has 0 spiro atoms. The van der Waals surface area contributed by atoms with Gasteiger partial charge >= 0.3 is 0 Å². The van der Waals surface area contributed by atoms with Crippen molar-refractivity contribution in [1.82, 2.24) is 19.5 Å². The number of aliphatic hydroxyl groups excluding tert-OH is 2. The van der Waals surface area contributed by atoms with E-state index in [0.29, 0.717) is 23.4 Å². The first-order valence-electron chi connectivity index (χ1n) is 7.29. The van der Waals surface area contributed by atoms with E-state index in [9.17, 15) is 10.2 Å². The van der Waals surface area contributed by atoms with E-state index in [1.165, 1.54) is 6.33 Å². The standard InChI is InChI=1S/C14H21N5O3/c1-14(2,3)18-12-11-13(16-6-15-12)19(7-17-11)10-4-8(21)9(5-20)22-10/h6-10,20-21H,4-5H2,1-3H3,(H,15,16,18)/t8-,9-,10-/m1/s1. The summed E-state index contributed by atoms with van der Waals surface area (Å²) in [5.74, 6) is 0.661. The molecule has 3 atom stereocenters. The number of aliphatic hydroxyl groups is 2. The van der Waals surface area contributed by atoms with Crippen LogP contribution in [0.2, 0.25) is 0 Å². The van der Waals surface area contributed by atoms with E-state index < -0.39 is 18.4 Å². The number of aromatic nitrogens is 4. The first-order valence-corrected chi connectivity index (χ1v) is 7.29. The summed E-state index contributed by atoms with van der Waals surface area (Å²) in [6.07, 6.45) is 1.84. The van der Waals surface area contributed by atoms with Gasteiger partial charge in [-0.15, -0.1) is 0 Å². The molecular weight excluding hydrogens is 286 g/mol. The average molecular weight is 307 g/mol. The SMILES string of the molecule is CC(C)(C)Nc1ncnc2c1ncn2[C@H]1C[C@@H](O)[C@@H](CO)O1. The second-order valence-corrected chi connectivity index (χ2v) is 6.54. The molecule has 1 fully saturated rings. The van der Waals surface area contributed by atoms with Crippen LogP contribution in [-0.2, 0) is 4.74 Å². The van der Waals surface area contributed by atoms with Crippen LogP contribution in [0, 0.1) is 0 Å². The minimum absolute atomic E-state index is 0.146. The van der Waals surface area contributed by atoms with Crippen LogP contribution in [0.5, 0.6) is 0 Å². The molecule has 22 heavy (non-hydrogen) atoms. The van der Waals surface area contributed by atoms with Crippen molar-refractivity contribution in [2.24, 2.45) is 0 Å². The smallest absolute Gasteiger partial charge is 0.167 e. The Morgan fingerprint density at radius 2 is 2.14 bits per heavy atom. The molecule has 0 aliphatic carbocycles. The Balaban J connectivity index is 1.95. The molecule has 1 aliphatic rings. The Hall–Kier alpha value is -1.77. The Kier molecular flexibility index (Phi) is 3.75. The van der Waals surface area contributed by atoms with E-state index in [1.54, 1.807) is 10.9 Å². The van der Waals surface area contributed by atoms with Crippen LogP contribution in [0.25, 0.3) is 11.2 Å². The number of nitrogens with zero attached hydrogens (tertiary/aromatic N) is 4. The highest BCUT2D eigenvalue weighted by Gasteiger charge is 2.35. The number of fused-ring (bicyclic) bond motifs is 1. The van der Waals surface area contributed by atoms with E-state index in [-0.39, 0.29) is 12.1 Å². The monoisotopic (exact) mass is 307 g/mol. The van der Waals surface area contributed by atoms with Crippen molar-refractivity contribution in [3.63, 3.8) is 0 Å². The molecule has 3 N–H and O–H groups in total. The van der Waals surface area contributed by atoms with E-state index in [2.05, 4.69) is 20.3 Å². The van der Waals surface area contributed by atoms with Gasteiger partial charge in [0.1, 0.15) is 18.7 Å². The first kappa shape index (κ1) is 15.1. The van der Waals surface area contributed by atoms with Gasteiger partial charge in [0.15, 0.2) is 17.0 Å². The lowest BCUT2D eigenvalue weighted by atomic mass is 10.1. The summed E-state index contributed by atoms with van der Waals surface area (Å²) in [4.78, 5) is 12.9. The molecule has 2 aromatic heterocycles. The summed E-state index contributed by atoms with van der Waals surface area (Å²) in [6, 6.07) is 0. The second-order valence-electron chi connectivity index (χ2n) is 6.54. The Morgan fingerprint density at radius 1 is 1.36 bits per heavy atom. The summed E-state index contributed by atoms with van der Waals surface area (Å²) >= 11 is 0. The molecule has 3 heterocycles. The van der Waals surface area contributed by atoms with Crippen LogP contribution in [0.4, 0.5) is 5.82 Å². The summed E-state index contributed by atoms with van der Waals surface area (Å²) < 4.78 is 7.43. The summed E-state index contributed by atoms with van der Waals surface area (Å²) in [6.45, 7) is 5.91. The van der Waals surface area contributed by atoms with Crippen molar-refractivity contribution in [2.45, 2.75) is 51.2 Å². The van der Waals surface area contributed by atoms with Crippen LogP contribution < -0.4 is 5.32 Å². The lowest BCUT2D eigenvalue weighted by molar-refractivity contribution is -0.0432. The van der Waals surface area contributed by atoms with Crippen molar-refractivity contribution in [3.05, 3.63) is 12.7 Å². The predicted octanol–water partition coefficient (Wildman–Crippen LogP) is 0.677. The first-order chi connectivity index (χ1) is 10.4. The fraction of sp³-hybridized carbons (Fsp3) is 0.643. The molecule has 0 saturated carbocycles. The van der Waals surface area contributed by atoms with E-state index in [0.717, 1.165) is 0 Å². The van der Waals surface area contributed by atoms with Crippen LogP contribution in [0.1, 0.15) is 33.4 Å². The zero-order chi connectivity index (χ0) is 15.9. The maximum Gasteiger partial charge on any atom is 0.167 e. The number of anilines is 1. The number of ether oxygens (including phenoxy) is 1. The van der Waals surface area contributed by atoms with Crippen molar-refractivity contribution >= 4 is 17.0 Å². The van der Waals surface area contributed by atoms with Gasteiger partial charge in [0.05, 0.1) is 19.0 Å². The molecule has 0 unspecified atom stereocenters. The third-order valence-electron chi connectivity index (χ3n) is 3.55. The number of hydrogen-bond acceptors (Lipinski definition) is 7. The summed E-state index contributed by atoms with van der Waals surface area (Å²) in [5.41, 5.74) is 1.15. The normalized spacial score (nSPS) is 25.8. The number of nitrogens with one attached hydrogen (secondary N) is 1. The molecule has 3 rings (SSSR count).